The van der Waals surface area contributed by atoms with Crippen molar-refractivity contribution >= 4 is 21.6 Å². The molecule has 0 spiro atoms. The first-order valence-electron chi connectivity index (χ1n) is 7.14. The number of benzene rings is 1. The minimum atomic E-state index is -3.78. The van der Waals surface area contributed by atoms with E-state index >= 15 is 0 Å². The molecule has 2 atom stereocenters. The lowest BCUT2D eigenvalue weighted by atomic mass is 9.78. The van der Waals surface area contributed by atoms with E-state index < -0.39 is 21.4 Å². The number of halogens is 2. The van der Waals surface area contributed by atoms with E-state index in [1.54, 1.807) is 6.92 Å². The van der Waals surface area contributed by atoms with E-state index in [9.17, 15) is 12.8 Å². The van der Waals surface area contributed by atoms with Crippen molar-refractivity contribution in [2.75, 3.05) is 5.88 Å². The van der Waals surface area contributed by atoms with Crippen LogP contribution in [0.2, 0.25) is 0 Å². The Morgan fingerprint density at radius 2 is 2.19 bits per heavy atom. The van der Waals surface area contributed by atoms with Gasteiger partial charge < -0.3 is 0 Å². The van der Waals surface area contributed by atoms with Crippen molar-refractivity contribution in [2.24, 2.45) is 5.92 Å². The van der Waals surface area contributed by atoms with Crippen LogP contribution in [0.15, 0.2) is 23.1 Å². The summed E-state index contributed by atoms with van der Waals surface area (Å²) in [6.45, 7) is 3.76. The van der Waals surface area contributed by atoms with Gasteiger partial charge in [-0.2, -0.15) is 0 Å². The van der Waals surface area contributed by atoms with Crippen molar-refractivity contribution in [1.82, 2.24) is 4.72 Å². The molecule has 2 unspecified atom stereocenters. The summed E-state index contributed by atoms with van der Waals surface area (Å²) >= 11 is 6.07. The highest BCUT2D eigenvalue weighted by Gasteiger charge is 2.38. The molecule has 1 saturated carbocycles. The molecule has 0 bridgehead atoms. The fraction of sp³-hybridized carbons (Fsp3) is 0.600. The van der Waals surface area contributed by atoms with Gasteiger partial charge in [-0.1, -0.05) is 25.8 Å². The standard InChI is InChI=1S/C15H21ClFNO2S/c1-11-4-3-7-15(9-11,10-16)18-21(19,20)14-8-13(17)6-5-12(14)2/h5-6,8,11,18H,3-4,7,9-10H2,1-2H3. The van der Waals surface area contributed by atoms with E-state index in [4.69, 9.17) is 11.6 Å². The van der Waals surface area contributed by atoms with Crippen LogP contribution in [0.4, 0.5) is 4.39 Å². The topological polar surface area (TPSA) is 46.2 Å². The largest absolute Gasteiger partial charge is 0.241 e. The zero-order valence-electron chi connectivity index (χ0n) is 12.3. The molecule has 118 valence electrons. The van der Waals surface area contributed by atoms with Crippen molar-refractivity contribution in [3.05, 3.63) is 29.6 Å². The third-order valence-corrected chi connectivity index (χ3v) is 6.37. The molecule has 0 saturated heterocycles. The third kappa shape index (κ3) is 3.76. The van der Waals surface area contributed by atoms with Crippen LogP contribution in [-0.2, 0) is 10.0 Å². The van der Waals surface area contributed by atoms with Crippen molar-refractivity contribution in [2.45, 2.75) is 50.0 Å². The zero-order chi connectivity index (χ0) is 15.7. The first-order valence-corrected chi connectivity index (χ1v) is 9.16. The molecule has 2 rings (SSSR count). The van der Waals surface area contributed by atoms with Gasteiger partial charge in [0.2, 0.25) is 10.0 Å². The van der Waals surface area contributed by atoms with Crippen LogP contribution >= 0.6 is 11.6 Å². The molecule has 1 aliphatic carbocycles. The van der Waals surface area contributed by atoms with Crippen LogP contribution in [-0.4, -0.2) is 19.8 Å². The second-order valence-electron chi connectivity index (χ2n) is 6.13. The summed E-state index contributed by atoms with van der Waals surface area (Å²) in [6.07, 6.45) is 3.45. The van der Waals surface area contributed by atoms with Gasteiger partial charge in [0.1, 0.15) is 5.82 Å². The highest BCUT2D eigenvalue weighted by atomic mass is 35.5. The normalized spacial score (nSPS) is 26.8. The predicted molar refractivity (Wildman–Crippen MR) is 82.5 cm³/mol. The molecular weight excluding hydrogens is 313 g/mol. The molecule has 1 N–H and O–H groups in total. The van der Waals surface area contributed by atoms with Crippen molar-refractivity contribution in [1.29, 1.82) is 0 Å². The fourth-order valence-electron chi connectivity index (χ4n) is 3.10. The van der Waals surface area contributed by atoms with Crippen LogP contribution in [0, 0.1) is 18.7 Å². The number of hydrogen-bond donors (Lipinski definition) is 1. The number of hydrogen-bond acceptors (Lipinski definition) is 2. The van der Waals surface area contributed by atoms with Crippen LogP contribution in [0.25, 0.3) is 0 Å². The molecule has 6 heteroatoms. The molecule has 0 radical (unpaired) electrons. The SMILES string of the molecule is Cc1ccc(F)cc1S(=O)(=O)NC1(CCl)CCCC(C)C1. The highest BCUT2D eigenvalue weighted by Crippen LogP contribution is 2.34. The lowest BCUT2D eigenvalue weighted by Crippen LogP contribution is -2.52. The van der Waals surface area contributed by atoms with Crippen LogP contribution in [0.1, 0.15) is 38.2 Å². The Morgan fingerprint density at radius 3 is 2.81 bits per heavy atom. The average molecular weight is 334 g/mol. The van der Waals surface area contributed by atoms with Gasteiger partial charge in [0.15, 0.2) is 0 Å². The summed E-state index contributed by atoms with van der Waals surface area (Å²) < 4.78 is 41.3. The minimum absolute atomic E-state index is 0.00906. The number of alkyl halides is 1. The Hall–Kier alpha value is -0.650. The predicted octanol–water partition coefficient (Wildman–Crippen LogP) is 3.60. The molecule has 0 aliphatic heterocycles. The van der Waals surface area contributed by atoms with E-state index in [2.05, 4.69) is 11.6 Å². The summed E-state index contributed by atoms with van der Waals surface area (Å²) in [5.74, 6) is 0.0944. The quantitative estimate of drug-likeness (QED) is 0.856. The molecule has 0 aromatic heterocycles. The van der Waals surface area contributed by atoms with Crippen molar-refractivity contribution in [3.8, 4) is 0 Å². The monoisotopic (exact) mass is 333 g/mol. The molecule has 21 heavy (non-hydrogen) atoms. The first-order chi connectivity index (χ1) is 9.78. The zero-order valence-corrected chi connectivity index (χ0v) is 13.9. The summed E-state index contributed by atoms with van der Waals surface area (Å²) in [6, 6.07) is 3.79. The number of rotatable bonds is 4. The maximum Gasteiger partial charge on any atom is 0.241 e. The lowest BCUT2D eigenvalue weighted by Gasteiger charge is -2.39. The Bertz CT molecular complexity index is 620. The van der Waals surface area contributed by atoms with E-state index in [0.29, 0.717) is 24.3 Å². The molecular formula is C15H21ClFNO2S. The van der Waals surface area contributed by atoms with E-state index in [-0.39, 0.29) is 10.8 Å². The number of aryl methyl sites for hydroxylation is 1. The molecule has 1 fully saturated rings. The van der Waals surface area contributed by atoms with Gasteiger partial charge in [-0.05, 0) is 43.4 Å². The van der Waals surface area contributed by atoms with Gasteiger partial charge in [-0.25, -0.2) is 17.5 Å². The van der Waals surface area contributed by atoms with Crippen LogP contribution in [0.5, 0.6) is 0 Å². The second kappa shape index (κ2) is 6.23. The average Bonchev–Trinajstić information content (AvgIpc) is 2.41. The summed E-state index contributed by atoms with van der Waals surface area (Å²) in [7, 11) is -3.78. The number of nitrogens with one attached hydrogen (secondary N) is 1. The Kier molecular flexibility index (Phi) is 4.96. The van der Waals surface area contributed by atoms with E-state index in [1.165, 1.54) is 12.1 Å². The maximum absolute atomic E-state index is 13.4. The van der Waals surface area contributed by atoms with Gasteiger partial charge in [0.05, 0.1) is 4.90 Å². The van der Waals surface area contributed by atoms with Crippen LogP contribution < -0.4 is 4.72 Å². The molecule has 1 aliphatic rings. The summed E-state index contributed by atoms with van der Waals surface area (Å²) in [5.41, 5.74) is -0.103. The Labute approximate surface area is 130 Å². The van der Waals surface area contributed by atoms with Crippen LogP contribution in [0.3, 0.4) is 0 Å². The Balaban J connectivity index is 2.33. The Morgan fingerprint density at radius 1 is 1.48 bits per heavy atom. The van der Waals surface area contributed by atoms with Gasteiger partial charge >= 0.3 is 0 Å². The molecule has 3 nitrogen and oxygen atoms in total. The van der Waals surface area contributed by atoms with Gasteiger partial charge in [0, 0.05) is 11.4 Å². The first kappa shape index (κ1) is 16.7. The molecule has 0 amide bonds. The van der Waals surface area contributed by atoms with Crippen molar-refractivity contribution < 1.29 is 12.8 Å². The lowest BCUT2D eigenvalue weighted by molar-refractivity contribution is 0.239. The van der Waals surface area contributed by atoms with Gasteiger partial charge in [-0.3, -0.25) is 0 Å². The smallest absolute Gasteiger partial charge is 0.207 e. The molecule has 1 aromatic carbocycles. The van der Waals surface area contributed by atoms with E-state index in [0.717, 1.165) is 18.9 Å². The van der Waals surface area contributed by atoms with Crippen molar-refractivity contribution in [3.63, 3.8) is 0 Å². The van der Waals surface area contributed by atoms with Gasteiger partial charge in [-0.15, -0.1) is 11.6 Å². The second-order valence-corrected chi connectivity index (χ2v) is 8.05. The minimum Gasteiger partial charge on any atom is -0.207 e. The summed E-state index contributed by atoms with van der Waals surface area (Å²) in [4.78, 5) is -0.00906. The number of sulfonamides is 1. The molecule has 1 aromatic rings. The van der Waals surface area contributed by atoms with Gasteiger partial charge in [0.25, 0.3) is 0 Å². The third-order valence-electron chi connectivity index (χ3n) is 4.14. The van der Waals surface area contributed by atoms with E-state index in [1.807, 2.05) is 0 Å². The fourth-order valence-corrected chi connectivity index (χ4v) is 5.19. The highest BCUT2D eigenvalue weighted by molar-refractivity contribution is 7.89. The summed E-state index contributed by atoms with van der Waals surface area (Å²) in [5, 5.41) is 0. The molecule has 0 heterocycles. The maximum atomic E-state index is 13.4.